The first-order valence-corrected chi connectivity index (χ1v) is 14.7. The SMILES string of the molecule is O=C(CCOCCOCCOCCOCCn1cc(COCCOCCOCCOCCO)nn1)Oc1c(F)c(F)c(F)c(F)c1F. The maximum atomic E-state index is 13.5. The van der Waals surface area contributed by atoms with E-state index in [9.17, 15) is 26.7 Å². The van der Waals surface area contributed by atoms with Gasteiger partial charge in [-0.05, 0) is 0 Å². The second-order valence-electron chi connectivity index (χ2n) is 9.16. The number of carbonyl (C=O) groups is 1. The summed E-state index contributed by atoms with van der Waals surface area (Å²) >= 11 is 0. The van der Waals surface area contributed by atoms with Crippen LogP contribution in [0.3, 0.4) is 0 Å². The van der Waals surface area contributed by atoms with Gasteiger partial charge in [-0.25, -0.2) is 17.9 Å². The number of aliphatic hydroxyl groups is 1. The molecule has 0 aliphatic heterocycles. The summed E-state index contributed by atoms with van der Waals surface area (Å²) in [6.07, 6.45) is 1.27. The van der Waals surface area contributed by atoms with Gasteiger partial charge in [-0.1, -0.05) is 5.21 Å². The minimum atomic E-state index is -2.35. The number of hydrogen-bond acceptors (Lipinski definition) is 13. The van der Waals surface area contributed by atoms with Crippen LogP contribution in [0.5, 0.6) is 5.75 Å². The predicted molar refractivity (Wildman–Crippen MR) is 149 cm³/mol. The molecule has 0 amide bonds. The number of esters is 1. The lowest BCUT2D eigenvalue weighted by Gasteiger charge is -2.09. The van der Waals surface area contributed by atoms with Crippen LogP contribution in [0.2, 0.25) is 0 Å². The number of rotatable bonds is 29. The molecule has 0 aliphatic carbocycles. The van der Waals surface area contributed by atoms with Crippen LogP contribution in [0, 0.1) is 29.1 Å². The minimum absolute atomic E-state index is 0.00806. The summed E-state index contributed by atoms with van der Waals surface area (Å²) in [6, 6.07) is 0. The van der Waals surface area contributed by atoms with E-state index in [-0.39, 0.29) is 33.0 Å². The lowest BCUT2D eigenvalue weighted by Crippen LogP contribution is -2.16. The smallest absolute Gasteiger partial charge is 0.313 e. The van der Waals surface area contributed by atoms with Crippen molar-refractivity contribution in [3.63, 3.8) is 0 Å². The molecule has 1 N–H and O–H groups in total. The molecular weight excluding hydrogens is 649 g/mol. The second-order valence-corrected chi connectivity index (χ2v) is 9.16. The summed E-state index contributed by atoms with van der Waals surface area (Å²) in [7, 11) is 0. The lowest BCUT2D eigenvalue weighted by atomic mass is 10.2. The molecule has 0 bridgehead atoms. The standard InChI is InChI=1S/C28H40F5N3O11/c29-23-24(30)26(32)28(27(33)25(23)31)47-22(38)1-4-39-7-10-42-13-14-43-11-8-40-5-2-36-19-21(34-35-36)20-46-18-17-45-16-15-44-12-9-41-6-3-37/h19,37H,1-18,20H2. The lowest BCUT2D eigenvalue weighted by molar-refractivity contribution is -0.136. The van der Waals surface area contributed by atoms with Crippen molar-refractivity contribution in [2.45, 2.75) is 19.6 Å². The molecule has 2 rings (SSSR count). The Morgan fingerprint density at radius 3 is 1.53 bits per heavy atom. The van der Waals surface area contributed by atoms with Gasteiger partial charge in [-0.2, -0.15) is 8.78 Å². The summed E-state index contributed by atoms with van der Waals surface area (Å²) in [5.74, 6) is -14.2. The molecule has 2 aromatic rings. The molecule has 0 saturated carbocycles. The van der Waals surface area contributed by atoms with E-state index in [0.29, 0.717) is 91.5 Å². The Balaban J connectivity index is 1.35. The van der Waals surface area contributed by atoms with Gasteiger partial charge in [0.1, 0.15) is 5.69 Å². The van der Waals surface area contributed by atoms with E-state index in [1.807, 2.05) is 0 Å². The van der Waals surface area contributed by atoms with E-state index >= 15 is 0 Å². The Bertz CT molecular complexity index is 1120. The fraction of sp³-hybridized carbons (Fsp3) is 0.679. The van der Waals surface area contributed by atoms with Gasteiger partial charge in [0.15, 0.2) is 0 Å². The van der Waals surface area contributed by atoms with Crippen LogP contribution in [-0.4, -0.2) is 132 Å². The van der Waals surface area contributed by atoms with Gasteiger partial charge in [0.2, 0.25) is 34.8 Å². The monoisotopic (exact) mass is 689 g/mol. The predicted octanol–water partition coefficient (Wildman–Crippen LogP) is 1.59. The van der Waals surface area contributed by atoms with Crippen molar-refractivity contribution in [2.24, 2.45) is 0 Å². The van der Waals surface area contributed by atoms with E-state index in [4.69, 9.17) is 43.0 Å². The molecular formula is C28H40F5N3O11. The van der Waals surface area contributed by atoms with Crippen molar-refractivity contribution >= 4 is 5.97 Å². The van der Waals surface area contributed by atoms with E-state index < -0.39 is 47.2 Å². The molecule has 47 heavy (non-hydrogen) atoms. The number of hydrogen-bond donors (Lipinski definition) is 1. The van der Waals surface area contributed by atoms with Gasteiger partial charge in [0.25, 0.3) is 0 Å². The number of nitrogens with zero attached hydrogens (tertiary/aromatic N) is 3. The van der Waals surface area contributed by atoms with E-state index in [0.717, 1.165) is 0 Å². The number of aromatic nitrogens is 3. The van der Waals surface area contributed by atoms with Crippen molar-refractivity contribution in [2.75, 3.05) is 106 Å². The van der Waals surface area contributed by atoms with Crippen LogP contribution >= 0.6 is 0 Å². The summed E-state index contributed by atoms with van der Waals surface area (Å²) < 4.78 is 115. The highest BCUT2D eigenvalue weighted by molar-refractivity contribution is 5.72. The van der Waals surface area contributed by atoms with Crippen molar-refractivity contribution in [1.29, 1.82) is 0 Å². The summed E-state index contributed by atoms with van der Waals surface area (Å²) in [5, 5.41) is 16.6. The Labute approximate surface area is 267 Å². The molecule has 0 fully saturated rings. The van der Waals surface area contributed by atoms with Crippen LogP contribution in [0.25, 0.3) is 0 Å². The van der Waals surface area contributed by atoms with Crippen LogP contribution in [0.15, 0.2) is 6.20 Å². The van der Waals surface area contributed by atoms with Crippen molar-refractivity contribution in [1.82, 2.24) is 15.0 Å². The Morgan fingerprint density at radius 1 is 0.596 bits per heavy atom. The molecule has 0 atom stereocenters. The Morgan fingerprint density at radius 2 is 1.02 bits per heavy atom. The fourth-order valence-electron chi connectivity index (χ4n) is 3.33. The van der Waals surface area contributed by atoms with Gasteiger partial charge in [0, 0.05) is 0 Å². The van der Waals surface area contributed by atoms with Gasteiger partial charge in [0.05, 0.1) is 131 Å². The third-order valence-electron chi connectivity index (χ3n) is 5.60. The molecule has 19 heteroatoms. The van der Waals surface area contributed by atoms with Gasteiger partial charge in [-0.3, -0.25) is 4.79 Å². The molecule has 0 radical (unpaired) electrons. The van der Waals surface area contributed by atoms with Crippen molar-refractivity contribution < 1.29 is 74.5 Å². The second kappa shape index (κ2) is 25.2. The molecule has 0 unspecified atom stereocenters. The molecule has 1 aromatic carbocycles. The van der Waals surface area contributed by atoms with Gasteiger partial charge >= 0.3 is 5.97 Å². The number of carbonyl (C=O) groups excluding carboxylic acids is 1. The Hall–Kier alpha value is -2.88. The first-order chi connectivity index (χ1) is 22.8. The topological polar surface area (TPSA) is 151 Å². The highest BCUT2D eigenvalue weighted by atomic mass is 19.2. The molecule has 1 heterocycles. The molecule has 14 nitrogen and oxygen atoms in total. The zero-order valence-electron chi connectivity index (χ0n) is 25.8. The summed E-state index contributed by atoms with van der Waals surface area (Å²) in [6.45, 7) is 5.33. The first-order valence-electron chi connectivity index (χ1n) is 14.7. The molecule has 268 valence electrons. The quantitative estimate of drug-likeness (QED) is 0.0329. The van der Waals surface area contributed by atoms with E-state index in [1.54, 1.807) is 10.9 Å². The fourth-order valence-corrected chi connectivity index (χ4v) is 3.33. The molecule has 0 saturated heterocycles. The van der Waals surface area contributed by atoms with Crippen LogP contribution < -0.4 is 4.74 Å². The van der Waals surface area contributed by atoms with Gasteiger partial charge in [-0.15, -0.1) is 5.10 Å². The zero-order chi connectivity index (χ0) is 34.1. The van der Waals surface area contributed by atoms with Crippen molar-refractivity contribution in [3.8, 4) is 5.75 Å². The molecule has 0 aliphatic rings. The Kier molecular flexibility index (Phi) is 21.6. The van der Waals surface area contributed by atoms with Crippen LogP contribution in [0.1, 0.15) is 12.1 Å². The zero-order valence-corrected chi connectivity index (χ0v) is 25.8. The minimum Gasteiger partial charge on any atom is -0.420 e. The number of aliphatic hydroxyl groups excluding tert-OH is 1. The first kappa shape index (κ1) is 40.3. The number of halogens is 5. The van der Waals surface area contributed by atoms with E-state index in [1.165, 1.54) is 0 Å². The maximum absolute atomic E-state index is 13.5. The third-order valence-corrected chi connectivity index (χ3v) is 5.60. The average molecular weight is 690 g/mol. The summed E-state index contributed by atoms with van der Waals surface area (Å²) in [5.41, 5.74) is 0.679. The third kappa shape index (κ3) is 17.2. The molecule has 1 aromatic heterocycles. The highest BCUT2D eigenvalue weighted by Gasteiger charge is 2.28. The average Bonchev–Trinajstić information content (AvgIpc) is 3.53. The highest BCUT2D eigenvalue weighted by Crippen LogP contribution is 2.29. The normalized spacial score (nSPS) is 11.4. The van der Waals surface area contributed by atoms with Crippen LogP contribution in [0.4, 0.5) is 22.0 Å². The summed E-state index contributed by atoms with van der Waals surface area (Å²) in [4.78, 5) is 11.6. The number of benzene rings is 1. The maximum Gasteiger partial charge on any atom is 0.313 e. The van der Waals surface area contributed by atoms with E-state index in [2.05, 4.69) is 15.0 Å². The van der Waals surface area contributed by atoms with Gasteiger partial charge < -0.3 is 47.7 Å². The largest absolute Gasteiger partial charge is 0.420 e. The molecule has 0 spiro atoms. The van der Waals surface area contributed by atoms with Crippen LogP contribution in [-0.2, 0) is 55.8 Å². The number of ether oxygens (including phenoxy) is 9. The van der Waals surface area contributed by atoms with Crippen molar-refractivity contribution in [3.05, 3.63) is 41.0 Å².